The molecule has 0 radical (unpaired) electrons. The van der Waals surface area contributed by atoms with Crippen molar-refractivity contribution in [1.82, 2.24) is 0 Å². The number of carbonyl (C=O) groups excluding carboxylic acids is 1. The number of carboxylic acids is 1. The summed E-state index contributed by atoms with van der Waals surface area (Å²) in [6.07, 6.45) is 5.52. The maximum Gasteiger partial charge on any atom is 0.411 e. The summed E-state index contributed by atoms with van der Waals surface area (Å²) >= 11 is 0. The fourth-order valence-corrected chi connectivity index (χ4v) is 3.55. The molecule has 0 bridgehead atoms. The zero-order valence-electron chi connectivity index (χ0n) is 15.7. The first-order chi connectivity index (χ1) is 13.6. The Bertz CT molecular complexity index is 814. The molecule has 0 heterocycles. The molecule has 0 atom stereocenters. The Morgan fingerprint density at radius 1 is 1.04 bits per heavy atom. The van der Waals surface area contributed by atoms with Gasteiger partial charge in [-0.1, -0.05) is 49.6 Å². The minimum Gasteiger partial charge on any atom is -0.482 e. The molecule has 1 amide bonds. The van der Waals surface area contributed by atoms with E-state index in [1.807, 2.05) is 18.2 Å². The lowest BCUT2D eigenvalue weighted by molar-refractivity contribution is -0.139. The average molecular weight is 383 g/mol. The topological polar surface area (TPSA) is 84.9 Å². The molecule has 0 spiro atoms. The first kappa shape index (κ1) is 19.7. The molecule has 3 rings (SSSR count). The van der Waals surface area contributed by atoms with E-state index >= 15 is 0 Å². The van der Waals surface area contributed by atoms with Crippen LogP contribution in [0.1, 0.15) is 49.1 Å². The molecular weight excluding hydrogens is 358 g/mol. The van der Waals surface area contributed by atoms with Gasteiger partial charge >= 0.3 is 12.1 Å². The van der Waals surface area contributed by atoms with Crippen molar-refractivity contribution in [3.63, 3.8) is 0 Å². The molecular formula is C22H25NO5. The van der Waals surface area contributed by atoms with Crippen molar-refractivity contribution in [3.8, 4) is 5.75 Å². The van der Waals surface area contributed by atoms with Crippen molar-refractivity contribution >= 4 is 17.7 Å². The number of amides is 1. The molecule has 148 valence electrons. The van der Waals surface area contributed by atoms with Gasteiger partial charge in [0.25, 0.3) is 0 Å². The van der Waals surface area contributed by atoms with Gasteiger partial charge in [0.1, 0.15) is 12.4 Å². The molecule has 6 nitrogen and oxygen atoms in total. The number of ether oxygens (including phenoxy) is 2. The molecule has 1 saturated carbocycles. The standard InChI is InChI=1S/C22H25NO5/c24-21(25)15-27-18-10-6-7-16(13-18)14-28-22(26)23-20-12-5-4-11-19(20)17-8-2-1-3-9-17/h4-7,10-13,17H,1-3,8-9,14-15H2,(H,23,26)(H,24,25). The quantitative estimate of drug-likeness (QED) is 0.707. The fourth-order valence-electron chi connectivity index (χ4n) is 3.55. The number of benzene rings is 2. The van der Waals surface area contributed by atoms with Crippen LogP contribution < -0.4 is 10.1 Å². The monoisotopic (exact) mass is 383 g/mol. The maximum atomic E-state index is 12.3. The van der Waals surface area contributed by atoms with Crippen LogP contribution in [0.2, 0.25) is 0 Å². The lowest BCUT2D eigenvalue weighted by atomic mass is 9.83. The van der Waals surface area contributed by atoms with Gasteiger partial charge in [0.15, 0.2) is 6.61 Å². The third kappa shape index (κ3) is 5.74. The van der Waals surface area contributed by atoms with E-state index in [2.05, 4.69) is 11.4 Å². The smallest absolute Gasteiger partial charge is 0.411 e. The summed E-state index contributed by atoms with van der Waals surface area (Å²) in [6.45, 7) is -0.343. The lowest BCUT2D eigenvalue weighted by Crippen LogP contribution is -2.16. The van der Waals surface area contributed by atoms with Crippen LogP contribution in [-0.4, -0.2) is 23.8 Å². The van der Waals surface area contributed by atoms with Gasteiger partial charge < -0.3 is 14.6 Å². The van der Waals surface area contributed by atoms with Crippen molar-refractivity contribution in [2.75, 3.05) is 11.9 Å². The number of nitrogens with one attached hydrogen (secondary N) is 1. The third-order valence-electron chi connectivity index (χ3n) is 4.87. The van der Waals surface area contributed by atoms with Gasteiger partial charge in [0.2, 0.25) is 0 Å². The van der Waals surface area contributed by atoms with Crippen LogP contribution in [0.5, 0.6) is 5.75 Å². The highest BCUT2D eigenvalue weighted by atomic mass is 16.5. The predicted octanol–water partition coefficient (Wildman–Crippen LogP) is 4.95. The lowest BCUT2D eigenvalue weighted by Gasteiger charge is -2.24. The second-order valence-corrected chi connectivity index (χ2v) is 6.95. The molecule has 2 N–H and O–H groups in total. The first-order valence-corrected chi connectivity index (χ1v) is 9.58. The SMILES string of the molecule is O=C(O)COc1cccc(COC(=O)Nc2ccccc2C2CCCCC2)c1. The number of aliphatic carboxylic acids is 1. The zero-order valence-corrected chi connectivity index (χ0v) is 15.7. The van der Waals surface area contributed by atoms with Crippen molar-refractivity contribution < 1.29 is 24.2 Å². The largest absolute Gasteiger partial charge is 0.482 e. The molecule has 2 aromatic rings. The summed E-state index contributed by atoms with van der Waals surface area (Å²) in [7, 11) is 0. The summed E-state index contributed by atoms with van der Waals surface area (Å²) in [5.74, 6) is -0.141. The predicted molar refractivity (Wildman–Crippen MR) is 106 cm³/mol. The normalized spacial score (nSPS) is 14.3. The van der Waals surface area contributed by atoms with Gasteiger partial charge in [-0.15, -0.1) is 0 Å². The highest BCUT2D eigenvalue weighted by Crippen LogP contribution is 2.36. The number of anilines is 1. The number of carboxylic acid groups (broad SMARTS) is 1. The van der Waals surface area contributed by atoms with Crippen molar-refractivity contribution in [3.05, 3.63) is 59.7 Å². The molecule has 0 aromatic heterocycles. The van der Waals surface area contributed by atoms with Crippen LogP contribution in [0, 0.1) is 0 Å². The Kier molecular flexibility index (Phi) is 6.89. The van der Waals surface area contributed by atoms with E-state index in [0.29, 0.717) is 11.7 Å². The number of carbonyl (C=O) groups is 2. The minimum absolute atomic E-state index is 0.0711. The van der Waals surface area contributed by atoms with Crippen LogP contribution in [0.25, 0.3) is 0 Å². The highest BCUT2D eigenvalue weighted by Gasteiger charge is 2.19. The minimum atomic E-state index is -1.04. The van der Waals surface area contributed by atoms with E-state index in [-0.39, 0.29) is 6.61 Å². The number of hydrogen-bond donors (Lipinski definition) is 2. The van der Waals surface area contributed by atoms with Gasteiger partial charge in [0.05, 0.1) is 0 Å². The summed E-state index contributed by atoms with van der Waals surface area (Å²) < 4.78 is 10.5. The molecule has 0 unspecified atom stereocenters. The number of para-hydroxylation sites is 1. The molecule has 1 fully saturated rings. The van der Waals surface area contributed by atoms with Crippen LogP contribution in [0.3, 0.4) is 0 Å². The number of rotatable bonds is 7. The molecule has 2 aromatic carbocycles. The van der Waals surface area contributed by atoms with Crippen LogP contribution in [-0.2, 0) is 16.1 Å². The van der Waals surface area contributed by atoms with E-state index < -0.39 is 18.7 Å². The van der Waals surface area contributed by atoms with Crippen molar-refractivity contribution in [2.24, 2.45) is 0 Å². The number of hydrogen-bond acceptors (Lipinski definition) is 4. The second kappa shape index (κ2) is 9.78. The molecule has 0 aliphatic heterocycles. The summed E-state index contributed by atoms with van der Waals surface area (Å²) in [6, 6.07) is 14.7. The van der Waals surface area contributed by atoms with Crippen LogP contribution >= 0.6 is 0 Å². The van der Waals surface area contributed by atoms with Gasteiger partial charge in [-0.3, -0.25) is 5.32 Å². The first-order valence-electron chi connectivity index (χ1n) is 9.58. The molecule has 1 aliphatic rings. The van der Waals surface area contributed by atoms with Crippen LogP contribution in [0.15, 0.2) is 48.5 Å². The molecule has 1 aliphatic carbocycles. The molecule has 6 heteroatoms. The van der Waals surface area contributed by atoms with E-state index in [1.165, 1.54) is 24.8 Å². The van der Waals surface area contributed by atoms with Crippen molar-refractivity contribution in [2.45, 2.75) is 44.6 Å². The molecule has 28 heavy (non-hydrogen) atoms. The Hall–Kier alpha value is -3.02. The van der Waals surface area contributed by atoms with Gasteiger partial charge in [0, 0.05) is 5.69 Å². The fraction of sp³-hybridized carbons (Fsp3) is 0.364. The Labute approximate surface area is 164 Å². The Morgan fingerprint density at radius 2 is 1.82 bits per heavy atom. The second-order valence-electron chi connectivity index (χ2n) is 6.95. The Morgan fingerprint density at radius 3 is 2.61 bits per heavy atom. The third-order valence-corrected chi connectivity index (χ3v) is 4.87. The van der Waals surface area contributed by atoms with Gasteiger partial charge in [-0.25, -0.2) is 9.59 Å². The summed E-state index contributed by atoms with van der Waals surface area (Å²) in [4.78, 5) is 22.9. The summed E-state index contributed by atoms with van der Waals surface area (Å²) in [5, 5.41) is 11.5. The van der Waals surface area contributed by atoms with E-state index in [1.54, 1.807) is 24.3 Å². The average Bonchev–Trinajstić information content (AvgIpc) is 2.72. The van der Waals surface area contributed by atoms with E-state index in [4.69, 9.17) is 14.6 Å². The van der Waals surface area contributed by atoms with E-state index in [0.717, 1.165) is 24.1 Å². The molecule has 0 saturated heterocycles. The van der Waals surface area contributed by atoms with Crippen LogP contribution in [0.4, 0.5) is 10.5 Å². The highest BCUT2D eigenvalue weighted by molar-refractivity contribution is 5.85. The van der Waals surface area contributed by atoms with Crippen molar-refractivity contribution in [1.29, 1.82) is 0 Å². The maximum absolute atomic E-state index is 12.3. The van der Waals surface area contributed by atoms with E-state index in [9.17, 15) is 9.59 Å². The van der Waals surface area contributed by atoms with Gasteiger partial charge in [-0.2, -0.15) is 0 Å². The van der Waals surface area contributed by atoms with Gasteiger partial charge in [-0.05, 0) is 48.1 Å². The Balaban J connectivity index is 1.56. The zero-order chi connectivity index (χ0) is 19.8. The summed E-state index contributed by atoms with van der Waals surface area (Å²) in [5.41, 5.74) is 2.69.